The Morgan fingerprint density at radius 3 is 1.42 bits per heavy atom. The zero-order valence-electron chi connectivity index (χ0n) is 23.3. The Morgan fingerprint density at radius 1 is 0.710 bits per heavy atom. The van der Waals surface area contributed by atoms with E-state index < -0.39 is 0 Å². The minimum atomic E-state index is 0.679. The van der Waals surface area contributed by atoms with Crippen LogP contribution < -0.4 is 0 Å². The summed E-state index contributed by atoms with van der Waals surface area (Å²) in [7, 11) is 0. The summed E-state index contributed by atoms with van der Waals surface area (Å²) in [6, 6.07) is 8.93. The molecule has 0 spiro atoms. The van der Waals surface area contributed by atoms with Crippen LogP contribution in [0.2, 0.25) is 0 Å². The molecule has 0 heteroatoms. The molecule has 184 valence electrons. The van der Waals surface area contributed by atoms with E-state index in [4.69, 9.17) is 0 Å². The molecule has 31 heavy (non-hydrogen) atoms. The normalized spacial score (nSPS) is 17.2. The van der Waals surface area contributed by atoms with Gasteiger partial charge in [-0.15, -0.1) is 0 Å². The number of hydrogen-bond acceptors (Lipinski definition) is 0. The topological polar surface area (TPSA) is 0 Å². The second-order valence-corrected chi connectivity index (χ2v) is 10.1. The lowest BCUT2D eigenvalue weighted by Gasteiger charge is -2.28. The quantitative estimate of drug-likeness (QED) is 0.445. The third-order valence-electron chi connectivity index (χ3n) is 6.07. The molecule has 3 rings (SSSR count). The molecule has 0 heterocycles. The predicted molar refractivity (Wildman–Crippen MR) is 146 cm³/mol. The van der Waals surface area contributed by atoms with Crippen LogP contribution in [0.5, 0.6) is 0 Å². The second kappa shape index (κ2) is 22.4. The summed E-state index contributed by atoms with van der Waals surface area (Å²) in [6.45, 7) is 19.8. The van der Waals surface area contributed by atoms with Gasteiger partial charge in [-0.3, -0.25) is 0 Å². The zero-order valence-corrected chi connectivity index (χ0v) is 23.3. The summed E-state index contributed by atoms with van der Waals surface area (Å²) >= 11 is 0. The Labute approximate surface area is 199 Å². The molecule has 2 aliphatic carbocycles. The molecule has 2 saturated carbocycles. The van der Waals surface area contributed by atoms with Crippen molar-refractivity contribution >= 4 is 0 Å². The Kier molecular flexibility index (Phi) is 23.4. The highest BCUT2D eigenvalue weighted by Gasteiger charge is 2.19. The zero-order chi connectivity index (χ0) is 24.0. The first-order chi connectivity index (χ1) is 14.9. The highest BCUT2D eigenvalue weighted by atomic mass is 14.3. The number of aryl methyl sites for hydroxylation is 2. The van der Waals surface area contributed by atoms with Gasteiger partial charge in [0.05, 0.1) is 0 Å². The van der Waals surface area contributed by atoms with E-state index in [1.165, 1.54) is 94.6 Å². The molecule has 0 N–H and O–H groups in total. The molecule has 0 aromatic heterocycles. The molecule has 0 bridgehead atoms. The lowest BCUT2D eigenvalue weighted by Crippen LogP contribution is -2.14. The molecule has 0 nitrogen and oxygen atoms in total. The lowest BCUT2D eigenvalue weighted by molar-refractivity contribution is 0.244. The van der Waals surface area contributed by atoms with Gasteiger partial charge < -0.3 is 0 Å². The average Bonchev–Trinajstić information content (AvgIpc) is 2.78. The summed E-state index contributed by atoms with van der Waals surface area (Å²) in [5.74, 6) is 1.04. The van der Waals surface area contributed by atoms with Gasteiger partial charge in [0.2, 0.25) is 0 Å². The minimum Gasteiger partial charge on any atom is -0.0683 e. The number of hydrogen-bond donors (Lipinski definition) is 0. The van der Waals surface area contributed by atoms with Gasteiger partial charge in [-0.2, -0.15) is 0 Å². The van der Waals surface area contributed by atoms with Crippen molar-refractivity contribution < 1.29 is 0 Å². The standard InChI is InChI=1S/C11H16.C8H16.C7H14.C3H8.C2H6/c1-3-5-11-8-6-10(4-2)7-9-11;1-8(2)6-4-3-5-7-8;1-7-5-3-2-4-6-7;1-3-2;1-2/h6-9H,3-5H2,1-2H3;3-7H2,1-2H3;7H,2-6H2,1H3;3H2,1-2H3;1-2H3. The Bertz CT molecular complexity index is 439. The van der Waals surface area contributed by atoms with E-state index in [0.717, 1.165) is 12.3 Å². The van der Waals surface area contributed by atoms with E-state index in [-0.39, 0.29) is 0 Å². The Hall–Kier alpha value is -0.780. The molecule has 0 aliphatic heterocycles. The van der Waals surface area contributed by atoms with Crippen molar-refractivity contribution in [3.05, 3.63) is 35.4 Å². The van der Waals surface area contributed by atoms with E-state index in [1.54, 1.807) is 0 Å². The van der Waals surface area contributed by atoms with Crippen LogP contribution in [0, 0.1) is 11.3 Å². The third-order valence-corrected chi connectivity index (χ3v) is 6.07. The van der Waals surface area contributed by atoms with Crippen LogP contribution in [0.25, 0.3) is 0 Å². The summed E-state index contributed by atoms with van der Waals surface area (Å²) < 4.78 is 0. The van der Waals surface area contributed by atoms with Gasteiger partial charge >= 0.3 is 0 Å². The van der Waals surface area contributed by atoms with E-state index in [1.807, 2.05) is 13.8 Å². The molecule has 1 aromatic rings. The van der Waals surface area contributed by atoms with Gasteiger partial charge in [-0.05, 0) is 48.1 Å². The van der Waals surface area contributed by atoms with Gasteiger partial charge in [0.1, 0.15) is 0 Å². The summed E-state index contributed by atoms with van der Waals surface area (Å²) in [5.41, 5.74) is 3.58. The van der Waals surface area contributed by atoms with Crippen molar-refractivity contribution in [2.45, 2.75) is 152 Å². The van der Waals surface area contributed by atoms with E-state index in [9.17, 15) is 0 Å². The molecule has 1 aromatic carbocycles. The monoisotopic (exact) mass is 432 g/mol. The first kappa shape index (κ1) is 32.4. The first-order valence-corrected chi connectivity index (χ1v) is 14.0. The van der Waals surface area contributed by atoms with Crippen LogP contribution in [0.3, 0.4) is 0 Å². The maximum Gasteiger partial charge on any atom is -0.0281 e. The van der Waals surface area contributed by atoms with Crippen LogP contribution in [-0.2, 0) is 12.8 Å². The van der Waals surface area contributed by atoms with Gasteiger partial charge in [-0.25, -0.2) is 0 Å². The molecule has 0 radical (unpaired) electrons. The van der Waals surface area contributed by atoms with Crippen molar-refractivity contribution in [3.63, 3.8) is 0 Å². The van der Waals surface area contributed by atoms with Crippen molar-refractivity contribution in [3.8, 4) is 0 Å². The Balaban J connectivity index is 0. The minimum absolute atomic E-state index is 0.679. The fourth-order valence-corrected chi connectivity index (χ4v) is 4.05. The van der Waals surface area contributed by atoms with Crippen LogP contribution in [0.1, 0.15) is 150 Å². The molecular formula is C31H60. The smallest absolute Gasteiger partial charge is 0.0281 e. The van der Waals surface area contributed by atoms with E-state index in [2.05, 4.69) is 72.7 Å². The largest absolute Gasteiger partial charge is 0.0683 e. The van der Waals surface area contributed by atoms with Crippen LogP contribution in [-0.4, -0.2) is 0 Å². The van der Waals surface area contributed by atoms with E-state index in [0.29, 0.717) is 5.41 Å². The highest BCUT2D eigenvalue weighted by molar-refractivity contribution is 5.22. The molecule has 0 amide bonds. The fraction of sp³-hybridized carbons (Fsp3) is 0.806. The molecular weight excluding hydrogens is 372 g/mol. The fourth-order valence-electron chi connectivity index (χ4n) is 4.05. The maximum absolute atomic E-state index is 2.38. The van der Waals surface area contributed by atoms with E-state index >= 15 is 0 Å². The van der Waals surface area contributed by atoms with Gasteiger partial charge in [0.15, 0.2) is 0 Å². The highest BCUT2D eigenvalue weighted by Crippen LogP contribution is 2.34. The van der Waals surface area contributed by atoms with Crippen molar-refractivity contribution in [1.29, 1.82) is 0 Å². The number of benzene rings is 1. The van der Waals surface area contributed by atoms with Gasteiger partial charge in [0, 0.05) is 0 Å². The lowest BCUT2D eigenvalue weighted by atomic mass is 9.78. The molecule has 0 saturated heterocycles. The summed E-state index contributed by atoms with van der Waals surface area (Å²) in [4.78, 5) is 0. The first-order valence-electron chi connectivity index (χ1n) is 14.0. The molecule has 2 fully saturated rings. The predicted octanol–water partition coefficient (Wildman–Crippen LogP) is 11.2. The second-order valence-electron chi connectivity index (χ2n) is 10.1. The van der Waals surface area contributed by atoms with Crippen LogP contribution >= 0.6 is 0 Å². The SMILES string of the molecule is CC.CC1(C)CCCCC1.CC1CCCCC1.CCC.CCCc1ccc(CC)cc1. The Morgan fingerprint density at radius 2 is 1.13 bits per heavy atom. The summed E-state index contributed by atoms with van der Waals surface area (Å²) in [6.07, 6.45) is 19.6. The summed E-state index contributed by atoms with van der Waals surface area (Å²) in [5, 5.41) is 0. The number of rotatable bonds is 3. The van der Waals surface area contributed by atoms with Crippen LogP contribution in [0.4, 0.5) is 0 Å². The van der Waals surface area contributed by atoms with Gasteiger partial charge in [-0.1, -0.05) is 151 Å². The van der Waals surface area contributed by atoms with Crippen molar-refractivity contribution in [2.75, 3.05) is 0 Å². The average molecular weight is 433 g/mol. The molecule has 0 unspecified atom stereocenters. The third kappa shape index (κ3) is 20.9. The molecule has 2 aliphatic rings. The van der Waals surface area contributed by atoms with Crippen molar-refractivity contribution in [2.24, 2.45) is 11.3 Å². The molecule has 0 atom stereocenters. The van der Waals surface area contributed by atoms with Gasteiger partial charge in [0.25, 0.3) is 0 Å². The van der Waals surface area contributed by atoms with Crippen molar-refractivity contribution in [1.82, 2.24) is 0 Å². The van der Waals surface area contributed by atoms with Crippen LogP contribution in [0.15, 0.2) is 24.3 Å². The maximum atomic E-state index is 2.38.